The SMILES string of the molecule is NCC1(CS(=O)(=O)F)CC1. The van der Waals surface area contributed by atoms with E-state index in [2.05, 4.69) is 0 Å². The molecule has 3 nitrogen and oxygen atoms in total. The molecule has 1 saturated carbocycles. The lowest BCUT2D eigenvalue weighted by Crippen LogP contribution is -2.22. The number of rotatable bonds is 3. The molecular weight excluding hydrogens is 157 g/mol. The summed E-state index contributed by atoms with van der Waals surface area (Å²) >= 11 is 0. The molecule has 0 aromatic carbocycles. The Labute approximate surface area is 59.6 Å². The Kier molecular flexibility index (Phi) is 1.72. The van der Waals surface area contributed by atoms with Crippen molar-refractivity contribution in [3.8, 4) is 0 Å². The molecule has 0 saturated heterocycles. The molecule has 0 atom stereocenters. The highest BCUT2D eigenvalue weighted by Crippen LogP contribution is 2.45. The maximum atomic E-state index is 12.0. The fourth-order valence-corrected chi connectivity index (χ4v) is 2.09. The predicted octanol–water partition coefficient (Wildman–Crippen LogP) is 0.0246. The van der Waals surface area contributed by atoms with Gasteiger partial charge in [0.2, 0.25) is 0 Å². The van der Waals surface area contributed by atoms with Crippen LogP contribution in [-0.4, -0.2) is 20.7 Å². The van der Waals surface area contributed by atoms with Crippen LogP contribution in [0.15, 0.2) is 0 Å². The topological polar surface area (TPSA) is 60.2 Å². The summed E-state index contributed by atoms with van der Waals surface area (Å²) in [5, 5.41) is 0. The second-order valence-electron chi connectivity index (χ2n) is 2.89. The Morgan fingerprint density at radius 2 is 2.00 bits per heavy atom. The van der Waals surface area contributed by atoms with Gasteiger partial charge in [-0.15, -0.1) is 3.89 Å². The lowest BCUT2D eigenvalue weighted by molar-refractivity contribution is 0.514. The molecule has 0 aromatic rings. The van der Waals surface area contributed by atoms with E-state index in [4.69, 9.17) is 5.73 Å². The van der Waals surface area contributed by atoms with Crippen LogP contribution >= 0.6 is 0 Å². The van der Waals surface area contributed by atoms with E-state index in [1.807, 2.05) is 0 Å². The molecule has 5 heteroatoms. The smallest absolute Gasteiger partial charge is 0.303 e. The van der Waals surface area contributed by atoms with Crippen LogP contribution in [0.1, 0.15) is 12.8 Å². The summed E-state index contributed by atoms with van der Waals surface area (Å²) in [6.07, 6.45) is 1.49. The van der Waals surface area contributed by atoms with Gasteiger partial charge in [0.1, 0.15) is 0 Å². The van der Waals surface area contributed by atoms with Gasteiger partial charge < -0.3 is 5.73 Å². The minimum atomic E-state index is -4.31. The molecule has 1 rings (SSSR count). The Morgan fingerprint density at radius 1 is 1.50 bits per heavy atom. The maximum absolute atomic E-state index is 12.0. The van der Waals surface area contributed by atoms with E-state index >= 15 is 0 Å². The van der Waals surface area contributed by atoms with Crippen molar-refractivity contribution in [2.75, 3.05) is 12.3 Å². The van der Waals surface area contributed by atoms with E-state index in [0.717, 1.165) is 12.8 Å². The molecular formula is C5H10FNO2S. The molecule has 60 valence electrons. The van der Waals surface area contributed by atoms with Gasteiger partial charge in [-0.25, -0.2) is 0 Å². The summed E-state index contributed by atoms with van der Waals surface area (Å²) in [4.78, 5) is 0. The summed E-state index contributed by atoms with van der Waals surface area (Å²) in [5.41, 5.74) is 4.84. The Morgan fingerprint density at radius 3 is 2.10 bits per heavy atom. The lowest BCUT2D eigenvalue weighted by Gasteiger charge is -2.06. The molecule has 0 spiro atoms. The highest BCUT2D eigenvalue weighted by molar-refractivity contribution is 7.86. The first-order valence-electron chi connectivity index (χ1n) is 3.10. The minimum absolute atomic E-state index is 0.274. The summed E-state index contributed by atoms with van der Waals surface area (Å²) in [7, 11) is -4.31. The van der Waals surface area contributed by atoms with Crippen LogP contribution in [0.5, 0.6) is 0 Å². The second kappa shape index (κ2) is 2.17. The summed E-state index contributed by atoms with van der Waals surface area (Å²) in [5.74, 6) is -0.392. The van der Waals surface area contributed by atoms with E-state index in [1.165, 1.54) is 0 Å². The van der Waals surface area contributed by atoms with Gasteiger partial charge in [0.25, 0.3) is 0 Å². The molecule has 0 unspecified atom stereocenters. The van der Waals surface area contributed by atoms with E-state index in [9.17, 15) is 12.3 Å². The van der Waals surface area contributed by atoms with Gasteiger partial charge in [0.05, 0.1) is 5.75 Å². The molecule has 0 bridgehead atoms. The molecule has 0 aromatic heterocycles. The molecule has 1 aliphatic carbocycles. The number of hydrogen-bond donors (Lipinski definition) is 1. The van der Waals surface area contributed by atoms with E-state index < -0.39 is 21.4 Å². The van der Waals surface area contributed by atoms with Crippen molar-refractivity contribution >= 4 is 10.2 Å². The third-order valence-corrected chi connectivity index (χ3v) is 2.83. The molecule has 10 heavy (non-hydrogen) atoms. The molecule has 2 N–H and O–H groups in total. The largest absolute Gasteiger partial charge is 0.330 e. The van der Waals surface area contributed by atoms with Gasteiger partial charge in [-0.3, -0.25) is 0 Å². The van der Waals surface area contributed by atoms with Crippen molar-refractivity contribution < 1.29 is 12.3 Å². The normalized spacial score (nSPS) is 22.6. The first kappa shape index (κ1) is 7.94. The van der Waals surface area contributed by atoms with Gasteiger partial charge in [0.15, 0.2) is 0 Å². The Hall–Kier alpha value is -0.160. The number of halogens is 1. The standard InChI is InChI=1S/C5H10FNO2S/c6-10(8,9)4-5(3-7)1-2-5/h1-4,7H2. The Balaban J connectivity index is 2.54. The first-order chi connectivity index (χ1) is 4.47. The zero-order valence-electron chi connectivity index (χ0n) is 5.51. The third-order valence-electron chi connectivity index (χ3n) is 1.87. The molecule has 0 aliphatic heterocycles. The zero-order valence-corrected chi connectivity index (χ0v) is 6.32. The fraction of sp³-hybridized carbons (Fsp3) is 1.00. The molecule has 0 heterocycles. The van der Waals surface area contributed by atoms with E-state index in [1.54, 1.807) is 0 Å². The van der Waals surface area contributed by atoms with Crippen LogP contribution in [0.2, 0.25) is 0 Å². The second-order valence-corrected chi connectivity index (χ2v) is 4.25. The lowest BCUT2D eigenvalue weighted by atomic mass is 10.1. The zero-order chi connectivity index (χ0) is 7.83. The van der Waals surface area contributed by atoms with Gasteiger partial charge in [0, 0.05) is 0 Å². The van der Waals surface area contributed by atoms with Gasteiger partial charge in [-0.2, -0.15) is 8.42 Å². The molecule has 0 radical (unpaired) electrons. The fourth-order valence-electron chi connectivity index (χ4n) is 0.950. The van der Waals surface area contributed by atoms with Crippen LogP contribution in [0.4, 0.5) is 3.89 Å². The average Bonchev–Trinajstić information content (AvgIpc) is 2.45. The highest BCUT2D eigenvalue weighted by atomic mass is 32.3. The third kappa shape index (κ3) is 1.91. The van der Waals surface area contributed by atoms with Crippen LogP contribution in [0.25, 0.3) is 0 Å². The minimum Gasteiger partial charge on any atom is -0.330 e. The van der Waals surface area contributed by atoms with Crippen LogP contribution in [0.3, 0.4) is 0 Å². The van der Waals surface area contributed by atoms with Crippen molar-refractivity contribution in [3.63, 3.8) is 0 Å². The maximum Gasteiger partial charge on any atom is 0.303 e. The van der Waals surface area contributed by atoms with Crippen molar-refractivity contribution in [1.29, 1.82) is 0 Å². The van der Waals surface area contributed by atoms with Crippen LogP contribution < -0.4 is 5.73 Å². The monoisotopic (exact) mass is 167 g/mol. The van der Waals surface area contributed by atoms with Crippen molar-refractivity contribution in [2.24, 2.45) is 11.1 Å². The predicted molar refractivity (Wildman–Crippen MR) is 35.6 cm³/mol. The summed E-state index contributed by atoms with van der Waals surface area (Å²) in [6.45, 7) is 0.274. The summed E-state index contributed by atoms with van der Waals surface area (Å²) in [6, 6.07) is 0. The molecule has 1 fully saturated rings. The van der Waals surface area contributed by atoms with Crippen LogP contribution in [-0.2, 0) is 10.2 Å². The van der Waals surface area contributed by atoms with E-state index in [-0.39, 0.29) is 6.54 Å². The van der Waals surface area contributed by atoms with Gasteiger partial charge in [-0.05, 0) is 24.8 Å². The number of nitrogens with two attached hydrogens (primary N) is 1. The number of hydrogen-bond acceptors (Lipinski definition) is 3. The average molecular weight is 167 g/mol. The van der Waals surface area contributed by atoms with Crippen molar-refractivity contribution in [2.45, 2.75) is 12.8 Å². The van der Waals surface area contributed by atoms with Gasteiger partial charge >= 0.3 is 10.2 Å². The highest BCUT2D eigenvalue weighted by Gasteiger charge is 2.45. The quantitative estimate of drug-likeness (QED) is 0.603. The van der Waals surface area contributed by atoms with Gasteiger partial charge in [-0.1, -0.05) is 0 Å². The Bertz CT molecular complexity index is 220. The van der Waals surface area contributed by atoms with Crippen molar-refractivity contribution in [3.05, 3.63) is 0 Å². The van der Waals surface area contributed by atoms with Crippen LogP contribution in [0, 0.1) is 5.41 Å². The van der Waals surface area contributed by atoms with E-state index in [0.29, 0.717) is 0 Å². The summed E-state index contributed by atoms with van der Waals surface area (Å²) < 4.78 is 32.3. The first-order valence-corrected chi connectivity index (χ1v) is 4.65. The molecule has 0 amide bonds. The van der Waals surface area contributed by atoms with Crippen molar-refractivity contribution in [1.82, 2.24) is 0 Å². The molecule has 1 aliphatic rings.